The lowest BCUT2D eigenvalue weighted by molar-refractivity contribution is -0.122. The summed E-state index contributed by atoms with van der Waals surface area (Å²) in [7, 11) is 0. The molecule has 2 rings (SSSR count). The smallest absolute Gasteiger partial charge is 0.276 e. The molecule has 0 radical (unpaired) electrons. The average Bonchev–Trinajstić information content (AvgIpc) is 2.80. The summed E-state index contributed by atoms with van der Waals surface area (Å²) in [5.74, 6) is 0.805. The molecule has 7 heteroatoms. The molecular weight excluding hydrogens is 348 g/mol. The normalized spacial score (nSPS) is 15.6. The fourth-order valence-electron chi connectivity index (χ4n) is 2.24. The minimum absolute atomic E-state index is 0.163. The fraction of sp³-hybridized carbons (Fsp3) is 0.294. The van der Waals surface area contributed by atoms with Crippen LogP contribution in [0.15, 0.2) is 30.5 Å². The summed E-state index contributed by atoms with van der Waals surface area (Å²) in [5.41, 5.74) is 1.12. The van der Waals surface area contributed by atoms with Crippen LogP contribution in [0.3, 0.4) is 0 Å². The number of nitrogens with one attached hydrogen (secondary N) is 1. The monoisotopic (exact) mass is 366 g/mol. The van der Waals surface area contributed by atoms with Gasteiger partial charge in [0.1, 0.15) is 12.3 Å². The van der Waals surface area contributed by atoms with Crippen LogP contribution in [0.5, 0.6) is 11.5 Å². The first kappa shape index (κ1) is 18.3. The molecule has 24 heavy (non-hydrogen) atoms. The van der Waals surface area contributed by atoms with Crippen molar-refractivity contribution in [2.45, 2.75) is 13.8 Å². The number of nitrogens with zero attached hydrogens (tertiary/aromatic N) is 1. The molecule has 1 fully saturated rings. The molecule has 1 saturated heterocycles. The predicted molar refractivity (Wildman–Crippen MR) is 99.4 cm³/mol. The molecule has 0 aromatic heterocycles. The van der Waals surface area contributed by atoms with Crippen LogP contribution in [0.1, 0.15) is 19.4 Å². The van der Waals surface area contributed by atoms with Crippen LogP contribution in [0.25, 0.3) is 6.08 Å². The third kappa shape index (κ3) is 3.88. The van der Waals surface area contributed by atoms with Gasteiger partial charge in [-0.3, -0.25) is 9.69 Å². The van der Waals surface area contributed by atoms with Crippen molar-refractivity contribution in [3.05, 3.63) is 41.1 Å². The second-order valence-electron chi connectivity index (χ2n) is 4.90. The molecule has 1 aromatic rings. The summed E-state index contributed by atoms with van der Waals surface area (Å²) < 4.78 is 11.2. The maximum Gasteiger partial charge on any atom is 0.276 e. The van der Waals surface area contributed by atoms with E-state index >= 15 is 0 Å². The van der Waals surface area contributed by atoms with Crippen molar-refractivity contribution >= 4 is 40.9 Å². The lowest BCUT2D eigenvalue weighted by atomic mass is 10.1. The van der Waals surface area contributed by atoms with E-state index in [9.17, 15) is 4.79 Å². The minimum Gasteiger partial charge on any atom is -0.490 e. The quantitative estimate of drug-likeness (QED) is 0.455. The van der Waals surface area contributed by atoms with Crippen molar-refractivity contribution in [3.8, 4) is 11.5 Å². The number of ether oxygens (including phenoxy) is 2. The van der Waals surface area contributed by atoms with E-state index in [-0.39, 0.29) is 5.91 Å². The number of carbonyl (C=O) groups is 1. The van der Waals surface area contributed by atoms with Crippen LogP contribution in [0.4, 0.5) is 0 Å². The maximum absolute atomic E-state index is 12.3. The Hall–Kier alpha value is -2.05. The Labute approximate surface area is 151 Å². The molecule has 0 bridgehead atoms. The van der Waals surface area contributed by atoms with Crippen LogP contribution in [-0.2, 0) is 4.79 Å². The Kier molecular flexibility index (Phi) is 6.23. The minimum atomic E-state index is -0.163. The van der Waals surface area contributed by atoms with E-state index < -0.39 is 0 Å². The number of carbonyl (C=O) groups excluding carboxylic acids is 1. The second kappa shape index (κ2) is 8.17. The SMILES string of the molecule is C=CCOc1c(Cl)cc(/C=C2\NC(=S)N(CC)C2=O)cc1OCC. The summed E-state index contributed by atoms with van der Waals surface area (Å²) in [6, 6.07) is 3.48. The topological polar surface area (TPSA) is 50.8 Å². The molecule has 0 spiro atoms. The van der Waals surface area contributed by atoms with Crippen molar-refractivity contribution < 1.29 is 14.3 Å². The number of amides is 1. The lowest BCUT2D eigenvalue weighted by Gasteiger charge is -2.13. The predicted octanol–water partition coefficient (Wildman–Crippen LogP) is 3.38. The molecule has 0 aliphatic carbocycles. The first-order valence-electron chi connectivity index (χ1n) is 7.56. The van der Waals surface area contributed by atoms with Crippen LogP contribution in [0.2, 0.25) is 5.02 Å². The number of halogens is 1. The Bertz CT molecular complexity index is 703. The van der Waals surface area contributed by atoms with Gasteiger partial charge in [0.25, 0.3) is 5.91 Å². The first-order valence-corrected chi connectivity index (χ1v) is 8.35. The zero-order valence-electron chi connectivity index (χ0n) is 13.6. The van der Waals surface area contributed by atoms with Crippen LogP contribution < -0.4 is 14.8 Å². The Morgan fingerprint density at radius 2 is 2.12 bits per heavy atom. The molecular formula is C17H19ClN2O3S. The molecule has 0 atom stereocenters. The van der Waals surface area contributed by atoms with Gasteiger partial charge < -0.3 is 14.8 Å². The number of hydrogen-bond acceptors (Lipinski definition) is 4. The number of rotatable bonds is 7. The van der Waals surface area contributed by atoms with E-state index in [1.54, 1.807) is 24.3 Å². The van der Waals surface area contributed by atoms with E-state index in [0.29, 0.717) is 52.7 Å². The molecule has 1 heterocycles. The highest BCUT2D eigenvalue weighted by molar-refractivity contribution is 7.80. The summed E-state index contributed by atoms with van der Waals surface area (Å²) in [5, 5.41) is 3.71. The average molecular weight is 367 g/mol. The summed E-state index contributed by atoms with van der Waals surface area (Å²) in [4.78, 5) is 13.8. The van der Waals surface area contributed by atoms with E-state index in [0.717, 1.165) is 0 Å². The van der Waals surface area contributed by atoms with Crippen molar-refractivity contribution in [1.29, 1.82) is 0 Å². The van der Waals surface area contributed by atoms with Gasteiger partial charge in [-0.2, -0.15) is 0 Å². The van der Waals surface area contributed by atoms with Gasteiger partial charge in [0.15, 0.2) is 16.6 Å². The van der Waals surface area contributed by atoms with Crippen molar-refractivity contribution in [1.82, 2.24) is 10.2 Å². The Balaban J connectivity index is 2.38. The van der Waals surface area contributed by atoms with Gasteiger partial charge in [0.05, 0.1) is 11.6 Å². The molecule has 5 nitrogen and oxygen atoms in total. The Morgan fingerprint density at radius 3 is 2.71 bits per heavy atom. The Morgan fingerprint density at radius 1 is 1.38 bits per heavy atom. The van der Waals surface area contributed by atoms with Gasteiger partial charge in [-0.15, -0.1) is 0 Å². The highest BCUT2D eigenvalue weighted by atomic mass is 35.5. The number of thiocarbonyl (C=S) groups is 1. The fourth-order valence-corrected chi connectivity index (χ4v) is 2.84. The van der Waals surface area contributed by atoms with E-state index in [4.69, 9.17) is 33.3 Å². The van der Waals surface area contributed by atoms with E-state index in [1.807, 2.05) is 13.8 Å². The van der Waals surface area contributed by atoms with Crippen LogP contribution in [-0.4, -0.2) is 35.7 Å². The molecule has 128 valence electrons. The summed E-state index contributed by atoms with van der Waals surface area (Å²) in [6.45, 7) is 8.65. The number of likely N-dealkylation sites (N-methyl/N-ethyl adjacent to an activating group) is 1. The summed E-state index contributed by atoms with van der Waals surface area (Å²) in [6.07, 6.45) is 3.32. The number of benzene rings is 1. The lowest BCUT2D eigenvalue weighted by Crippen LogP contribution is -2.30. The third-order valence-electron chi connectivity index (χ3n) is 3.27. The van der Waals surface area contributed by atoms with Crippen molar-refractivity contribution in [3.63, 3.8) is 0 Å². The van der Waals surface area contributed by atoms with Crippen LogP contribution in [0, 0.1) is 0 Å². The molecule has 1 aromatic carbocycles. The maximum atomic E-state index is 12.3. The van der Waals surface area contributed by atoms with Gasteiger partial charge in [-0.25, -0.2) is 0 Å². The molecule has 1 N–H and O–H groups in total. The molecule has 1 aliphatic heterocycles. The standard InChI is InChI=1S/C17H19ClN2O3S/c1-4-7-23-15-12(18)8-11(10-14(15)22-6-3)9-13-16(21)20(5-2)17(24)19-13/h4,8-10H,1,5-7H2,2-3H3,(H,19,24)/b13-9-. The first-order chi connectivity index (χ1) is 11.5. The van der Waals surface area contributed by atoms with Gasteiger partial charge in [-0.1, -0.05) is 24.3 Å². The molecule has 1 amide bonds. The largest absolute Gasteiger partial charge is 0.490 e. The van der Waals surface area contributed by atoms with Gasteiger partial charge >= 0.3 is 0 Å². The van der Waals surface area contributed by atoms with Gasteiger partial charge in [0.2, 0.25) is 0 Å². The highest BCUT2D eigenvalue weighted by Crippen LogP contribution is 2.37. The zero-order valence-corrected chi connectivity index (χ0v) is 15.2. The van der Waals surface area contributed by atoms with Crippen LogP contribution >= 0.6 is 23.8 Å². The third-order valence-corrected chi connectivity index (χ3v) is 3.87. The molecule has 1 aliphatic rings. The van der Waals surface area contributed by atoms with Gasteiger partial charge in [0, 0.05) is 6.54 Å². The highest BCUT2D eigenvalue weighted by Gasteiger charge is 2.29. The summed E-state index contributed by atoms with van der Waals surface area (Å²) >= 11 is 11.4. The zero-order chi connectivity index (χ0) is 17.7. The van der Waals surface area contributed by atoms with E-state index in [2.05, 4.69) is 11.9 Å². The van der Waals surface area contributed by atoms with Gasteiger partial charge in [-0.05, 0) is 49.8 Å². The van der Waals surface area contributed by atoms with Crippen molar-refractivity contribution in [2.75, 3.05) is 19.8 Å². The van der Waals surface area contributed by atoms with Crippen molar-refractivity contribution in [2.24, 2.45) is 0 Å². The molecule has 0 unspecified atom stereocenters. The number of hydrogen-bond donors (Lipinski definition) is 1. The van der Waals surface area contributed by atoms with E-state index in [1.165, 1.54) is 4.90 Å². The molecule has 0 saturated carbocycles. The second-order valence-corrected chi connectivity index (χ2v) is 5.69.